The molecule has 3 atom stereocenters. The lowest BCUT2D eigenvalue weighted by atomic mass is 9.84. The summed E-state index contributed by atoms with van der Waals surface area (Å²) >= 11 is 6.90. The normalized spacial score (nSPS) is 25.4. The van der Waals surface area contributed by atoms with Crippen LogP contribution in [0.2, 0.25) is 5.02 Å². The molecular weight excluding hydrogens is 537 g/mol. The van der Waals surface area contributed by atoms with Gasteiger partial charge >= 0.3 is 12.1 Å². The van der Waals surface area contributed by atoms with Crippen LogP contribution in [-0.2, 0) is 19.9 Å². The number of aliphatic carboxylic acids is 1. The number of ether oxygens (including phenoxy) is 1. The van der Waals surface area contributed by atoms with Crippen LogP contribution in [0.25, 0.3) is 11.1 Å². The zero-order valence-electron chi connectivity index (χ0n) is 21.5. The Hall–Kier alpha value is -3.18. The van der Waals surface area contributed by atoms with E-state index in [0.29, 0.717) is 17.5 Å². The number of carboxylic acid groups (broad SMARTS) is 1. The van der Waals surface area contributed by atoms with Crippen molar-refractivity contribution in [3.05, 3.63) is 52.8 Å². The molecule has 1 aliphatic carbocycles. The summed E-state index contributed by atoms with van der Waals surface area (Å²) in [6.07, 6.45) is 1.06. The number of amides is 1. The minimum Gasteiger partial charge on any atom is -0.475 e. The van der Waals surface area contributed by atoms with Crippen LogP contribution in [0.1, 0.15) is 63.1 Å². The maximum Gasteiger partial charge on any atom is 0.490 e. The maximum atomic E-state index is 13.2. The highest BCUT2D eigenvalue weighted by atomic mass is 35.5. The highest BCUT2D eigenvalue weighted by molar-refractivity contribution is 6.34. The molecule has 2 saturated heterocycles. The smallest absolute Gasteiger partial charge is 0.475 e. The number of hydrogen-bond donors (Lipinski definition) is 3. The van der Waals surface area contributed by atoms with Gasteiger partial charge in [-0.1, -0.05) is 35.9 Å². The van der Waals surface area contributed by atoms with Crippen LogP contribution >= 0.6 is 11.6 Å². The Labute approximate surface area is 229 Å². The standard InChI is InChI=1S/C25H29ClN4O2.C2HF3O2/c1-15-12-18(10-11-32-15)30-22(31)13-25(2,29-24(30)27)20-5-3-4-19(23(20)26)17-8-9-21(28-14-17)16-6-7-16;3-2(4,5)1(6)7/h3-5,8-9,14-16,18H,6-7,10-13H2,1-2H3,(H2,27,29);(H,6,7)/t15-,18-,25-;/m0./s1. The summed E-state index contributed by atoms with van der Waals surface area (Å²) in [4.78, 5) is 28.4. The molecule has 3 heterocycles. The summed E-state index contributed by atoms with van der Waals surface area (Å²) in [7, 11) is 0. The van der Waals surface area contributed by atoms with E-state index < -0.39 is 17.7 Å². The second-order valence-electron chi connectivity index (χ2n) is 10.3. The molecule has 1 aromatic heterocycles. The molecule has 0 radical (unpaired) electrons. The van der Waals surface area contributed by atoms with E-state index in [1.54, 1.807) is 4.90 Å². The van der Waals surface area contributed by atoms with Crippen LogP contribution in [0.5, 0.6) is 0 Å². The summed E-state index contributed by atoms with van der Waals surface area (Å²) < 4.78 is 37.4. The molecule has 2 aliphatic heterocycles. The van der Waals surface area contributed by atoms with E-state index in [0.717, 1.165) is 35.2 Å². The Morgan fingerprint density at radius 1 is 1.26 bits per heavy atom. The minimum absolute atomic E-state index is 0.00587. The van der Waals surface area contributed by atoms with Gasteiger partial charge in [0.1, 0.15) is 0 Å². The Kier molecular flexibility index (Phi) is 8.22. The molecule has 2 aromatic rings. The van der Waals surface area contributed by atoms with Crippen LogP contribution in [0.15, 0.2) is 36.5 Å². The number of carbonyl (C=O) groups excluding carboxylic acids is 1. The molecule has 0 spiro atoms. The topological polar surface area (TPSA) is 116 Å². The molecule has 1 saturated carbocycles. The summed E-state index contributed by atoms with van der Waals surface area (Å²) in [5, 5.41) is 19.7. The first kappa shape index (κ1) is 28.8. The van der Waals surface area contributed by atoms with Gasteiger partial charge in [0.15, 0.2) is 5.96 Å². The number of rotatable bonds is 4. The van der Waals surface area contributed by atoms with Gasteiger partial charge in [0.2, 0.25) is 5.91 Å². The van der Waals surface area contributed by atoms with Gasteiger partial charge in [-0.05, 0) is 51.2 Å². The second kappa shape index (κ2) is 11.1. The first-order chi connectivity index (χ1) is 18.3. The summed E-state index contributed by atoms with van der Waals surface area (Å²) in [5.74, 6) is -2.06. The van der Waals surface area contributed by atoms with Crippen LogP contribution in [0.3, 0.4) is 0 Å². The Balaban J connectivity index is 0.000000448. The number of aromatic nitrogens is 1. The largest absolute Gasteiger partial charge is 0.490 e. The van der Waals surface area contributed by atoms with Gasteiger partial charge in [-0.25, -0.2) is 4.79 Å². The van der Waals surface area contributed by atoms with Crippen molar-refractivity contribution in [2.75, 3.05) is 6.61 Å². The van der Waals surface area contributed by atoms with Crippen molar-refractivity contribution in [2.24, 2.45) is 0 Å². The lowest BCUT2D eigenvalue weighted by molar-refractivity contribution is -0.192. The van der Waals surface area contributed by atoms with E-state index >= 15 is 0 Å². The molecule has 3 N–H and O–H groups in total. The van der Waals surface area contributed by atoms with Gasteiger partial charge in [-0.15, -0.1) is 0 Å². The van der Waals surface area contributed by atoms with E-state index in [1.807, 2.05) is 38.2 Å². The van der Waals surface area contributed by atoms with Crippen LogP contribution in [-0.4, -0.2) is 57.8 Å². The predicted molar refractivity (Wildman–Crippen MR) is 138 cm³/mol. The van der Waals surface area contributed by atoms with Crippen molar-refractivity contribution in [3.63, 3.8) is 0 Å². The number of pyridine rings is 1. The predicted octanol–water partition coefficient (Wildman–Crippen LogP) is 5.45. The van der Waals surface area contributed by atoms with Gasteiger partial charge in [0, 0.05) is 41.6 Å². The number of nitrogens with one attached hydrogen (secondary N) is 2. The van der Waals surface area contributed by atoms with Crippen molar-refractivity contribution < 1.29 is 32.6 Å². The monoisotopic (exact) mass is 566 g/mol. The van der Waals surface area contributed by atoms with Crippen molar-refractivity contribution in [3.8, 4) is 11.1 Å². The second-order valence-corrected chi connectivity index (χ2v) is 10.7. The first-order valence-electron chi connectivity index (χ1n) is 12.7. The number of nitrogens with zero attached hydrogens (tertiary/aromatic N) is 2. The third-order valence-corrected chi connectivity index (χ3v) is 7.57. The lowest BCUT2D eigenvalue weighted by Gasteiger charge is -2.45. The minimum atomic E-state index is -5.08. The lowest BCUT2D eigenvalue weighted by Crippen LogP contribution is -2.63. The first-order valence-corrected chi connectivity index (χ1v) is 13.0. The summed E-state index contributed by atoms with van der Waals surface area (Å²) in [6, 6.07) is 10.0. The van der Waals surface area contributed by atoms with E-state index in [4.69, 9.17) is 31.6 Å². The van der Waals surface area contributed by atoms with Crippen LogP contribution in [0.4, 0.5) is 13.2 Å². The van der Waals surface area contributed by atoms with Gasteiger partial charge in [-0.2, -0.15) is 13.2 Å². The number of benzene rings is 1. The zero-order valence-corrected chi connectivity index (χ0v) is 22.3. The van der Waals surface area contributed by atoms with Crippen molar-refractivity contribution >= 4 is 29.4 Å². The highest BCUT2D eigenvalue weighted by Crippen LogP contribution is 2.42. The molecule has 8 nitrogen and oxygen atoms in total. The summed E-state index contributed by atoms with van der Waals surface area (Å²) in [6.45, 7) is 4.57. The Morgan fingerprint density at radius 2 is 1.95 bits per heavy atom. The van der Waals surface area contributed by atoms with Crippen molar-refractivity contribution in [2.45, 2.75) is 75.7 Å². The zero-order chi connectivity index (χ0) is 28.5. The number of carbonyl (C=O) groups is 2. The molecule has 12 heteroatoms. The number of carboxylic acids is 1. The van der Waals surface area contributed by atoms with Gasteiger partial charge in [0.25, 0.3) is 0 Å². The third kappa shape index (κ3) is 6.52. The fraction of sp³-hybridized carbons (Fsp3) is 0.481. The number of hydrogen-bond acceptors (Lipinski definition) is 5. The number of halogens is 4. The average molecular weight is 567 g/mol. The number of guanidine groups is 1. The van der Waals surface area contributed by atoms with Gasteiger partial charge in [-0.3, -0.25) is 20.1 Å². The molecule has 0 unspecified atom stereocenters. The van der Waals surface area contributed by atoms with Gasteiger partial charge in [0.05, 0.1) is 23.1 Å². The highest BCUT2D eigenvalue weighted by Gasteiger charge is 2.44. The van der Waals surface area contributed by atoms with Crippen LogP contribution in [0, 0.1) is 5.41 Å². The quantitative estimate of drug-likeness (QED) is 0.453. The van der Waals surface area contributed by atoms with E-state index in [2.05, 4.69) is 22.4 Å². The fourth-order valence-electron chi connectivity index (χ4n) is 5.00. The van der Waals surface area contributed by atoms with Crippen molar-refractivity contribution in [1.29, 1.82) is 5.41 Å². The number of alkyl halides is 3. The Morgan fingerprint density at radius 3 is 2.49 bits per heavy atom. The molecule has 1 aromatic carbocycles. The molecule has 5 rings (SSSR count). The van der Waals surface area contributed by atoms with E-state index in [9.17, 15) is 18.0 Å². The SMILES string of the molecule is C[C@H]1C[C@@H](N2C(=N)N[C@](C)(c3cccc(-c4ccc(C5CC5)nc4)c3Cl)CC2=O)CCO1.O=C(O)C(F)(F)F. The van der Waals surface area contributed by atoms with E-state index in [-0.39, 0.29) is 30.4 Å². The van der Waals surface area contributed by atoms with E-state index in [1.165, 1.54) is 12.8 Å². The molecule has 0 bridgehead atoms. The molecule has 1 amide bonds. The van der Waals surface area contributed by atoms with Crippen LogP contribution < -0.4 is 5.32 Å². The average Bonchev–Trinajstić information content (AvgIpc) is 3.69. The molecule has 3 fully saturated rings. The molecular formula is C27H30ClF3N4O4. The molecule has 3 aliphatic rings. The van der Waals surface area contributed by atoms with Gasteiger partial charge < -0.3 is 15.2 Å². The summed E-state index contributed by atoms with van der Waals surface area (Å²) in [5.41, 5.74) is 3.06. The molecule has 210 valence electrons. The third-order valence-electron chi connectivity index (χ3n) is 7.16. The van der Waals surface area contributed by atoms with Crippen molar-refractivity contribution in [1.82, 2.24) is 15.2 Å². The Bertz CT molecular complexity index is 1230. The maximum absolute atomic E-state index is 13.2. The molecule has 39 heavy (non-hydrogen) atoms. The fourth-order valence-corrected chi connectivity index (χ4v) is 5.45.